The fourth-order valence-corrected chi connectivity index (χ4v) is 3.73. The van der Waals surface area contributed by atoms with E-state index in [2.05, 4.69) is 15.5 Å². The molecule has 0 unspecified atom stereocenters. The average molecular weight is 430 g/mol. The molecule has 164 valence electrons. The molecule has 6 heteroatoms. The number of amides is 2. The molecule has 0 bridgehead atoms. The standard InChI is InChI=1S/C26H27N3O3/c1-19(20-7-3-2-4-8-20)27-26(31)23-9-5-6-10-24(23)28-25(30)21-11-13-22(14-12-21)29-15-17-32-18-16-29/h2-14,19H,15-18H2,1H3,(H,27,31)(H,28,30)/t19-/m1/s1. The summed E-state index contributed by atoms with van der Waals surface area (Å²) in [6.07, 6.45) is 0. The Morgan fingerprint density at radius 3 is 2.22 bits per heavy atom. The van der Waals surface area contributed by atoms with Crippen molar-refractivity contribution in [2.75, 3.05) is 36.5 Å². The van der Waals surface area contributed by atoms with Crippen molar-refractivity contribution in [2.24, 2.45) is 0 Å². The largest absolute Gasteiger partial charge is 0.378 e. The van der Waals surface area contributed by atoms with Crippen LogP contribution in [-0.4, -0.2) is 38.1 Å². The zero-order chi connectivity index (χ0) is 22.3. The van der Waals surface area contributed by atoms with E-state index < -0.39 is 0 Å². The van der Waals surface area contributed by atoms with E-state index in [-0.39, 0.29) is 17.9 Å². The number of morpholine rings is 1. The molecule has 0 saturated carbocycles. The fourth-order valence-electron chi connectivity index (χ4n) is 3.73. The summed E-state index contributed by atoms with van der Waals surface area (Å²) in [6, 6.07) is 24.2. The topological polar surface area (TPSA) is 70.7 Å². The lowest BCUT2D eigenvalue weighted by molar-refractivity contribution is 0.0940. The smallest absolute Gasteiger partial charge is 0.255 e. The van der Waals surface area contributed by atoms with Crippen LogP contribution in [0.4, 0.5) is 11.4 Å². The maximum Gasteiger partial charge on any atom is 0.255 e. The molecule has 4 rings (SSSR count). The number of hydrogen-bond donors (Lipinski definition) is 2. The maximum absolute atomic E-state index is 12.9. The van der Waals surface area contributed by atoms with Crippen LogP contribution < -0.4 is 15.5 Å². The molecule has 1 heterocycles. The molecule has 2 N–H and O–H groups in total. The van der Waals surface area contributed by atoms with Gasteiger partial charge in [-0.1, -0.05) is 42.5 Å². The van der Waals surface area contributed by atoms with Crippen molar-refractivity contribution in [3.05, 3.63) is 95.6 Å². The molecule has 0 radical (unpaired) electrons. The molecule has 2 amide bonds. The molecule has 0 aromatic heterocycles. The minimum absolute atomic E-state index is 0.153. The van der Waals surface area contributed by atoms with Gasteiger partial charge in [-0.15, -0.1) is 0 Å². The summed E-state index contributed by atoms with van der Waals surface area (Å²) in [5.41, 5.74) is 3.53. The highest BCUT2D eigenvalue weighted by Crippen LogP contribution is 2.21. The van der Waals surface area contributed by atoms with Crippen molar-refractivity contribution in [3.8, 4) is 0 Å². The lowest BCUT2D eigenvalue weighted by Crippen LogP contribution is -2.36. The lowest BCUT2D eigenvalue weighted by Gasteiger charge is -2.28. The van der Waals surface area contributed by atoms with Crippen LogP contribution >= 0.6 is 0 Å². The van der Waals surface area contributed by atoms with Gasteiger partial charge < -0.3 is 20.3 Å². The molecule has 1 fully saturated rings. The van der Waals surface area contributed by atoms with Gasteiger partial charge in [0.25, 0.3) is 11.8 Å². The van der Waals surface area contributed by atoms with E-state index in [1.807, 2.05) is 49.4 Å². The Labute approximate surface area is 188 Å². The summed E-state index contributed by atoms with van der Waals surface area (Å²) in [6.45, 7) is 5.04. The van der Waals surface area contributed by atoms with Crippen LogP contribution in [-0.2, 0) is 4.74 Å². The van der Waals surface area contributed by atoms with Gasteiger partial charge in [0, 0.05) is 24.3 Å². The minimum atomic E-state index is -0.255. The van der Waals surface area contributed by atoms with Gasteiger partial charge in [-0.2, -0.15) is 0 Å². The highest BCUT2D eigenvalue weighted by atomic mass is 16.5. The first-order chi connectivity index (χ1) is 15.6. The maximum atomic E-state index is 12.9. The van der Waals surface area contributed by atoms with E-state index in [0.29, 0.717) is 30.0 Å². The van der Waals surface area contributed by atoms with Crippen molar-refractivity contribution in [2.45, 2.75) is 13.0 Å². The molecule has 1 atom stereocenters. The molecule has 3 aromatic rings. The van der Waals surface area contributed by atoms with Gasteiger partial charge in [0.1, 0.15) is 0 Å². The third kappa shape index (κ3) is 5.15. The van der Waals surface area contributed by atoms with E-state index in [1.165, 1.54) is 0 Å². The van der Waals surface area contributed by atoms with E-state index in [1.54, 1.807) is 36.4 Å². The number of para-hydroxylation sites is 1. The zero-order valence-electron chi connectivity index (χ0n) is 18.1. The van der Waals surface area contributed by atoms with Crippen molar-refractivity contribution in [1.29, 1.82) is 0 Å². The first-order valence-corrected chi connectivity index (χ1v) is 10.8. The quantitative estimate of drug-likeness (QED) is 0.614. The zero-order valence-corrected chi connectivity index (χ0v) is 18.1. The molecule has 32 heavy (non-hydrogen) atoms. The van der Waals surface area contributed by atoms with Crippen molar-refractivity contribution in [1.82, 2.24) is 5.32 Å². The Kier molecular flexibility index (Phi) is 6.82. The van der Waals surface area contributed by atoms with Gasteiger partial charge in [-0.05, 0) is 48.9 Å². The SMILES string of the molecule is C[C@@H](NC(=O)c1ccccc1NC(=O)c1ccc(N2CCOCC2)cc1)c1ccccc1. The van der Waals surface area contributed by atoms with Crippen LogP contribution in [0.25, 0.3) is 0 Å². The predicted molar refractivity (Wildman–Crippen MR) is 126 cm³/mol. The van der Waals surface area contributed by atoms with Crippen molar-refractivity contribution in [3.63, 3.8) is 0 Å². The first kappa shape index (κ1) is 21.6. The van der Waals surface area contributed by atoms with Crippen LogP contribution in [0.15, 0.2) is 78.9 Å². The van der Waals surface area contributed by atoms with E-state index in [4.69, 9.17) is 4.74 Å². The normalized spacial score (nSPS) is 14.5. The molecule has 1 aliphatic rings. The average Bonchev–Trinajstić information content (AvgIpc) is 2.85. The Morgan fingerprint density at radius 1 is 0.844 bits per heavy atom. The number of nitrogens with zero attached hydrogens (tertiary/aromatic N) is 1. The van der Waals surface area contributed by atoms with Crippen LogP contribution in [0.3, 0.4) is 0 Å². The number of carbonyl (C=O) groups excluding carboxylic acids is 2. The lowest BCUT2D eigenvalue weighted by atomic mass is 10.1. The molecular formula is C26H27N3O3. The number of nitrogens with one attached hydrogen (secondary N) is 2. The van der Waals surface area contributed by atoms with Crippen LogP contribution in [0.5, 0.6) is 0 Å². The van der Waals surface area contributed by atoms with Gasteiger partial charge in [0.05, 0.1) is 30.5 Å². The van der Waals surface area contributed by atoms with Crippen molar-refractivity contribution >= 4 is 23.2 Å². The number of rotatable bonds is 6. The molecule has 1 saturated heterocycles. The molecule has 3 aromatic carbocycles. The monoisotopic (exact) mass is 429 g/mol. The number of hydrogen-bond acceptors (Lipinski definition) is 4. The van der Waals surface area contributed by atoms with E-state index in [0.717, 1.165) is 24.3 Å². The number of benzene rings is 3. The summed E-state index contributed by atoms with van der Waals surface area (Å²) in [5, 5.41) is 5.89. The summed E-state index contributed by atoms with van der Waals surface area (Å²) >= 11 is 0. The number of carbonyl (C=O) groups is 2. The van der Waals surface area contributed by atoms with E-state index in [9.17, 15) is 9.59 Å². The van der Waals surface area contributed by atoms with Crippen molar-refractivity contribution < 1.29 is 14.3 Å². The fraction of sp³-hybridized carbons (Fsp3) is 0.231. The Balaban J connectivity index is 1.44. The molecule has 0 spiro atoms. The minimum Gasteiger partial charge on any atom is -0.378 e. The van der Waals surface area contributed by atoms with Gasteiger partial charge in [-0.25, -0.2) is 0 Å². The summed E-state index contributed by atoms with van der Waals surface area (Å²) in [4.78, 5) is 28.0. The molecule has 1 aliphatic heterocycles. The second-order valence-electron chi connectivity index (χ2n) is 7.75. The third-order valence-electron chi connectivity index (χ3n) is 5.57. The molecule has 0 aliphatic carbocycles. The summed E-state index contributed by atoms with van der Waals surface area (Å²) in [7, 11) is 0. The predicted octanol–water partition coefficient (Wildman–Crippen LogP) is 4.27. The Hall–Kier alpha value is -3.64. The molecule has 6 nitrogen and oxygen atoms in total. The first-order valence-electron chi connectivity index (χ1n) is 10.8. The van der Waals surface area contributed by atoms with Crippen LogP contribution in [0, 0.1) is 0 Å². The highest BCUT2D eigenvalue weighted by Gasteiger charge is 2.17. The Morgan fingerprint density at radius 2 is 1.50 bits per heavy atom. The number of anilines is 2. The summed E-state index contributed by atoms with van der Waals surface area (Å²) < 4.78 is 5.39. The Bertz CT molecular complexity index is 1060. The second kappa shape index (κ2) is 10.1. The third-order valence-corrected chi connectivity index (χ3v) is 5.57. The van der Waals surface area contributed by atoms with Gasteiger partial charge in [0.15, 0.2) is 0 Å². The number of ether oxygens (including phenoxy) is 1. The highest BCUT2D eigenvalue weighted by molar-refractivity contribution is 6.09. The summed E-state index contributed by atoms with van der Waals surface area (Å²) in [5.74, 6) is -0.491. The van der Waals surface area contributed by atoms with Gasteiger partial charge in [-0.3, -0.25) is 9.59 Å². The second-order valence-corrected chi connectivity index (χ2v) is 7.75. The van der Waals surface area contributed by atoms with Gasteiger partial charge >= 0.3 is 0 Å². The van der Waals surface area contributed by atoms with E-state index >= 15 is 0 Å². The van der Waals surface area contributed by atoms with Gasteiger partial charge in [0.2, 0.25) is 0 Å². The van der Waals surface area contributed by atoms with Crippen LogP contribution in [0.1, 0.15) is 39.2 Å². The van der Waals surface area contributed by atoms with Crippen LogP contribution in [0.2, 0.25) is 0 Å². The molecular weight excluding hydrogens is 402 g/mol.